The molecule has 0 aliphatic carbocycles. The number of carbonyl (C=O) groups is 1. The number of hydrogen-bond acceptors (Lipinski definition) is 7. The minimum atomic E-state index is -3.48. The summed E-state index contributed by atoms with van der Waals surface area (Å²) < 4.78 is 54.2. The van der Waals surface area contributed by atoms with Crippen molar-refractivity contribution < 1.29 is 27.4 Å². The lowest BCUT2D eigenvalue weighted by Gasteiger charge is -2.53. The molecule has 180 valence electrons. The summed E-state index contributed by atoms with van der Waals surface area (Å²) in [7, 11) is -2.02. The maximum absolute atomic E-state index is 14.8. The summed E-state index contributed by atoms with van der Waals surface area (Å²) in [5.41, 5.74) is 4.33. The molecule has 1 aliphatic rings. The van der Waals surface area contributed by atoms with E-state index in [2.05, 4.69) is 15.3 Å². The van der Waals surface area contributed by atoms with Gasteiger partial charge in [-0.1, -0.05) is 11.6 Å². The number of rotatable bonds is 6. The summed E-state index contributed by atoms with van der Waals surface area (Å²) in [4.78, 5) is 21.0. The molecule has 2 aromatic rings. The Kier molecular flexibility index (Phi) is 7.02. The molecule has 2 heterocycles. The number of carbonyl (C=O) groups excluding carboxylic acids is 1. The van der Waals surface area contributed by atoms with Crippen molar-refractivity contribution in [2.45, 2.75) is 30.7 Å². The average Bonchev–Trinajstić information content (AvgIpc) is 2.73. The van der Waals surface area contributed by atoms with Crippen LogP contribution in [0.4, 0.5) is 14.5 Å². The van der Waals surface area contributed by atoms with Crippen LogP contribution < -0.4 is 11.1 Å². The fourth-order valence-corrected chi connectivity index (χ4v) is 5.34. The summed E-state index contributed by atoms with van der Waals surface area (Å²) in [5.74, 6) is -2.21. The zero-order chi connectivity index (χ0) is 24.6. The van der Waals surface area contributed by atoms with Gasteiger partial charge in [0.2, 0.25) is 0 Å². The Bertz CT molecular complexity index is 1120. The Hall–Kier alpha value is -2.31. The molecule has 0 unspecified atom stereocenters. The summed E-state index contributed by atoms with van der Waals surface area (Å²) in [6.07, 6.45) is 1.30. The SMILES string of the molecule is COCc1cc(Cl)cnc1C(=O)Nc1ccc(F)c([C@]2(CF)CS(O)(O)C(C)(C)C(N)=N2)c1. The van der Waals surface area contributed by atoms with E-state index in [1.165, 1.54) is 45.4 Å². The fourth-order valence-electron chi connectivity index (χ4n) is 3.46. The van der Waals surface area contributed by atoms with E-state index >= 15 is 0 Å². The van der Waals surface area contributed by atoms with E-state index in [9.17, 15) is 22.7 Å². The minimum absolute atomic E-state index is 0.0446. The van der Waals surface area contributed by atoms with Crippen molar-refractivity contribution in [1.29, 1.82) is 0 Å². The van der Waals surface area contributed by atoms with Gasteiger partial charge in [0.15, 0.2) is 0 Å². The van der Waals surface area contributed by atoms with Crippen LogP contribution in [-0.4, -0.2) is 50.1 Å². The highest BCUT2D eigenvalue weighted by atomic mass is 35.5. The second-order valence-corrected chi connectivity index (χ2v) is 11.3. The number of pyridine rings is 1. The fraction of sp³-hybridized carbons (Fsp3) is 0.381. The predicted molar refractivity (Wildman–Crippen MR) is 125 cm³/mol. The van der Waals surface area contributed by atoms with Crippen LogP contribution in [0.5, 0.6) is 0 Å². The molecular formula is C21H25ClF2N4O4S. The first-order valence-electron chi connectivity index (χ1n) is 9.79. The first-order chi connectivity index (χ1) is 15.4. The number of aromatic nitrogens is 1. The van der Waals surface area contributed by atoms with Crippen LogP contribution in [0.1, 0.15) is 35.5 Å². The normalized spacial score (nSPS) is 22.4. The van der Waals surface area contributed by atoms with Crippen LogP contribution in [0.2, 0.25) is 5.02 Å². The smallest absolute Gasteiger partial charge is 0.274 e. The van der Waals surface area contributed by atoms with Crippen molar-refractivity contribution in [1.82, 2.24) is 4.98 Å². The third-order valence-corrected chi connectivity index (χ3v) is 8.53. The molecule has 1 amide bonds. The van der Waals surface area contributed by atoms with Gasteiger partial charge in [0, 0.05) is 30.1 Å². The number of alkyl halides is 1. The molecule has 1 atom stereocenters. The van der Waals surface area contributed by atoms with Crippen LogP contribution >= 0.6 is 22.2 Å². The van der Waals surface area contributed by atoms with Gasteiger partial charge in [-0.2, -0.15) is 10.6 Å². The molecular weight excluding hydrogens is 478 g/mol. The third kappa shape index (κ3) is 4.69. The Morgan fingerprint density at radius 1 is 1.36 bits per heavy atom. The van der Waals surface area contributed by atoms with Crippen LogP contribution in [-0.2, 0) is 16.9 Å². The van der Waals surface area contributed by atoms with Gasteiger partial charge in [0.25, 0.3) is 5.91 Å². The van der Waals surface area contributed by atoms with Crippen molar-refractivity contribution in [3.05, 3.63) is 58.1 Å². The molecule has 5 N–H and O–H groups in total. The molecule has 0 bridgehead atoms. The topological polar surface area (TPSA) is 130 Å². The molecule has 0 saturated carbocycles. The molecule has 1 aromatic heterocycles. The molecule has 1 aliphatic heterocycles. The lowest BCUT2D eigenvalue weighted by Crippen LogP contribution is -2.53. The second-order valence-electron chi connectivity index (χ2n) is 8.23. The van der Waals surface area contributed by atoms with Crippen molar-refractivity contribution in [3.63, 3.8) is 0 Å². The van der Waals surface area contributed by atoms with Gasteiger partial charge in [-0.05, 0) is 38.1 Å². The quantitative estimate of drug-likeness (QED) is 0.465. The molecule has 12 heteroatoms. The Labute approximate surface area is 196 Å². The summed E-state index contributed by atoms with van der Waals surface area (Å²) >= 11 is 5.94. The molecule has 0 saturated heterocycles. The monoisotopic (exact) mass is 502 g/mol. The van der Waals surface area contributed by atoms with E-state index in [1.54, 1.807) is 0 Å². The number of aliphatic imine (C=N–C) groups is 1. The van der Waals surface area contributed by atoms with Gasteiger partial charge in [-0.15, -0.1) is 0 Å². The number of benzene rings is 1. The molecule has 8 nitrogen and oxygen atoms in total. The van der Waals surface area contributed by atoms with Crippen molar-refractivity contribution in [2.24, 2.45) is 10.7 Å². The highest BCUT2D eigenvalue weighted by Crippen LogP contribution is 2.59. The van der Waals surface area contributed by atoms with Gasteiger partial charge < -0.3 is 15.8 Å². The van der Waals surface area contributed by atoms with Crippen LogP contribution in [0.15, 0.2) is 35.5 Å². The number of methoxy groups -OCH3 is 1. The number of ether oxygens (including phenoxy) is 1. The number of nitrogens with one attached hydrogen (secondary N) is 1. The van der Waals surface area contributed by atoms with Gasteiger partial charge >= 0.3 is 0 Å². The maximum Gasteiger partial charge on any atom is 0.274 e. The molecule has 3 rings (SSSR count). The van der Waals surface area contributed by atoms with Gasteiger partial charge in [-0.25, -0.2) is 13.8 Å². The first-order valence-corrected chi connectivity index (χ1v) is 11.9. The lowest BCUT2D eigenvalue weighted by atomic mass is 9.92. The number of nitrogens with two attached hydrogens (primary N) is 1. The van der Waals surface area contributed by atoms with Gasteiger partial charge in [0.05, 0.1) is 17.4 Å². The maximum atomic E-state index is 14.8. The van der Waals surface area contributed by atoms with Crippen molar-refractivity contribution in [2.75, 3.05) is 24.9 Å². The second kappa shape index (κ2) is 9.15. The Balaban J connectivity index is 2.01. The minimum Gasteiger partial charge on any atom is -0.386 e. The molecule has 0 spiro atoms. The number of halogens is 3. The molecule has 33 heavy (non-hydrogen) atoms. The van der Waals surface area contributed by atoms with Crippen molar-refractivity contribution in [3.8, 4) is 0 Å². The van der Waals surface area contributed by atoms with Gasteiger partial charge in [-0.3, -0.25) is 18.9 Å². The highest BCUT2D eigenvalue weighted by Gasteiger charge is 2.51. The molecule has 0 fully saturated rings. The van der Waals surface area contributed by atoms with Crippen LogP contribution in [0.25, 0.3) is 0 Å². The number of amidine groups is 1. The zero-order valence-electron chi connectivity index (χ0n) is 18.2. The molecule has 1 aromatic carbocycles. The summed E-state index contributed by atoms with van der Waals surface area (Å²) in [6, 6.07) is 5.05. The number of anilines is 1. The first kappa shape index (κ1) is 25.3. The standard InChI is InChI=1S/C21H25ClF2N4O4S/c1-20(2)19(25)28-21(10-23,11-33(20,30)31)15-7-14(4-5-16(15)24)27-18(29)17-12(9-32-3)6-13(22)8-26-17/h4-8,30-31H,9-11H2,1-3H3,(H2,25,28)(H,27,29)/t21-/m0/s1. The van der Waals surface area contributed by atoms with Gasteiger partial charge in [0.1, 0.15) is 34.3 Å². The summed E-state index contributed by atoms with van der Waals surface area (Å²) in [6.45, 7) is 1.81. The van der Waals surface area contributed by atoms with E-state index in [0.717, 1.165) is 6.07 Å². The summed E-state index contributed by atoms with van der Waals surface area (Å²) in [5, 5.41) is 2.91. The zero-order valence-corrected chi connectivity index (χ0v) is 19.8. The van der Waals surface area contributed by atoms with E-state index in [0.29, 0.717) is 10.6 Å². The lowest BCUT2D eigenvalue weighted by molar-refractivity contribution is 0.101. The number of hydrogen-bond donors (Lipinski definition) is 4. The Morgan fingerprint density at radius 2 is 2.06 bits per heavy atom. The van der Waals surface area contributed by atoms with E-state index in [4.69, 9.17) is 22.1 Å². The third-order valence-electron chi connectivity index (χ3n) is 5.60. The van der Waals surface area contributed by atoms with E-state index in [-0.39, 0.29) is 29.4 Å². The Morgan fingerprint density at radius 3 is 2.67 bits per heavy atom. The largest absolute Gasteiger partial charge is 0.386 e. The van der Waals surface area contributed by atoms with Crippen LogP contribution in [0, 0.1) is 5.82 Å². The predicted octanol–water partition coefficient (Wildman–Crippen LogP) is 4.34. The van der Waals surface area contributed by atoms with Crippen LogP contribution in [0.3, 0.4) is 0 Å². The highest BCUT2D eigenvalue weighted by molar-refractivity contribution is 8.26. The van der Waals surface area contributed by atoms with Crippen molar-refractivity contribution >= 4 is 39.6 Å². The number of nitrogens with zero attached hydrogens (tertiary/aromatic N) is 2. The number of amides is 1. The molecule has 0 radical (unpaired) electrons. The average molecular weight is 503 g/mol. The van der Waals surface area contributed by atoms with E-state index in [1.807, 2.05) is 0 Å². The van der Waals surface area contributed by atoms with E-state index < -0.39 is 45.0 Å².